The number of nitrogens with zero attached hydrogens (tertiary/aromatic N) is 1. The van der Waals surface area contributed by atoms with Gasteiger partial charge in [-0.2, -0.15) is 0 Å². The normalized spacial score (nSPS) is 10.4. The SMILES string of the molecule is COCCc1ccccc1Nc1ncc(N)cc1C. The third-order valence-corrected chi connectivity index (χ3v) is 2.95. The van der Waals surface area contributed by atoms with Gasteiger partial charge in [-0.15, -0.1) is 0 Å². The van der Waals surface area contributed by atoms with E-state index in [1.807, 2.05) is 31.2 Å². The Hall–Kier alpha value is -2.07. The van der Waals surface area contributed by atoms with E-state index < -0.39 is 0 Å². The predicted molar refractivity (Wildman–Crippen MR) is 78.7 cm³/mol. The van der Waals surface area contributed by atoms with Crippen LogP contribution in [0.4, 0.5) is 17.2 Å². The number of para-hydroxylation sites is 1. The van der Waals surface area contributed by atoms with Crippen LogP contribution in [0.25, 0.3) is 0 Å². The van der Waals surface area contributed by atoms with Crippen molar-refractivity contribution in [2.45, 2.75) is 13.3 Å². The summed E-state index contributed by atoms with van der Waals surface area (Å²) in [7, 11) is 1.71. The van der Waals surface area contributed by atoms with E-state index in [4.69, 9.17) is 10.5 Å². The number of pyridine rings is 1. The van der Waals surface area contributed by atoms with Crippen LogP contribution in [0.15, 0.2) is 36.5 Å². The largest absolute Gasteiger partial charge is 0.397 e. The molecule has 3 N–H and O–H groups in total. The molecule has 0 spiro atoms. The first-order chi connectivity index (χ1) is 9.20. The minimum absolute atomic E-state index is 0.677. The van der Waals surface area contributed by atoms with E-state index in [1.54, 1.807) is 13.3 Å². The summed E-state index contributed by atoms with van der Waals surface area (Å²) in [6.45, 7) is 2.69. The van der Waals surface area contributed by atoms with E-state index >= 15 is 0 Å². The summed E-state index contributed by atoms with van der Waals surface area (Å²) in [5, 5.41) is 3.35. The van der Waals surface area contributed by atoms with Crippen molar-refractivity contribution in [2.75, 3.05) is 24.8 Å². The maximum Gasteiger partial charge on any atom is 0.133 e. The van der Waals surface area contributed by atoms with Crippen molar-refractivity contribution in [2.24, 2.45) is 0 Å². The highest BCUT2D eigenvalue weighted by Crippen LogP contribution is 2.23. The van der Waals surface area contributed by atoms with E-state index in [9.17, 15) is 0 Å². The highest BCUT2D eigenvalue weighted by molar-refractivity contribution is 5.64. The van der Waals surface area contributed by atoms with E-state index in [0.717, 1.165) is 23.5 Å². The summed E-state index contributed by atoms with van der Waals surface area (Å²) in [5.74, 6) is 0.832. The molecular weight excluding hydrogens is 238 g/mol. The van der Waals surface area contributed by atoms with Crippen LogP contribution in [0, 0.1) is 6.92 Å². The zero-order valence-electron chi connectivity index (χ0n) is 11.3. The molecule has 0 aliphatic rings. The summed E-state index contributed by atoms with van der Waals surface area (Å²) in [4.78, 5) is 4.33. The molecule has 0 unspecified atom stereocenters. The molecule has 19 heavy (non-hydrogen) atoms. The average molecular weight is 257 g/mol. The zero-order chi connectivity index (χ0) is 13.7. The Bertz CT molecular complexity index is 555. The first-order valence-corrected chi connectivity index (χ1v) is 6.26. The first-order valence-electron chi connectivity index (χ1n) is 6.26. The summed E-state index contributed by atoms with van der Waals surface area (Å²) < 4.78 is 5.13. The number of benzene rings is 1. The van der Waals surface area contributed by atoms with Gasteiger partial charge in [-0.05, 0) is 36.6 Å². The zero-order valence-corrected chi connectivity index (χ0v) is 11.3. The van der Waals surface area contributed by atoms with E-state index in [-0.39, 0.29) is 0 Å². The Kier molecular flexibility index (Phi) is 4.36. The molecule has 0 saturated heterocycles. The minimum atomic E-state index is 0.677. The lowest BCUT2D eigenvalue weighted by Crippen LogP contribution is -2.02. The Balaban J connectivity index is 2.22. The van der Waals surface area contributed by atoms with Gasteiger partial charge in [-0.3, -0.25) is 0 Å². The lowest BCUT2D eigenvalue weighted by Gasteiger charge is -2.13. The molecule has 1 aromatic heterocycles. The van der Waals surface area contributed by atoms with Gasteiger partial charge in [-0.1, -0.05) is 18.2 Å². The van der Waals surface area contributed by atoms with Gasteiger partial charge in [0.05, 0.1) is 18.5 Å². The topological polar surface area (TPSA) is 60.2 Å². The van der Waals surface area contributed by atoms with Crippen LogP contribution in [0.1, 0.15) is 11.1 Å². The van der Waals surface area contributed by atoms with Gasteiger partial charge in [0.1, 0.15) is 5.82 Å². The Morgan fingerprint density at radius 1 is 1.32 bits per heavy atom. The molecule has 2 aromatic rings. The summed E-state index contributed by atoms with van der Waals surface area (Å²) in [6.07, 6.45) is 2.53. The van der Waals surface area contributed by atoms with Crippen molar-refractivity contribution in [1.29, 1.82) is 0 Å². The third kappa shape index (κ3) is 3.45. The Morgan fingerprint density at radius 2 is 2.11 bits per heavy atom. The molecule has 0 atom stereocenters. The van der Waals surface area contributed by atoms with Crippen molar-refractivity contribution in [3.63, 3.8) is 0 Å². The summed E-state index contributed by atoms with van der Waals surface area (Å²) in [6, 6.07) is 10.1. The summed E-state index contributed by atoms with van der Waals surface area (Å²) in [5.41, 5.74) is 9.68. The minimum Gasteiger partial charge on any atom is -0.397 e. The van der Waals surface area contributed by atoms with Crippen LogP contribution < -0.4 is 11.1 Å². The second kappa shape index (κ2) is 6.20. The van der Waals surface area contributed by atoms with Crippen LogP contribution in [0.3, 0.4) is 0 Å². The number of methoxy groups -OCH3 is 1. The molecule has 2 rings (SSSR count). The van der Waals surface area contributed by atoms with E-state index in [1.165, 1.54) is 5.56 Å². The average Bonchev–Trinajstić information content (AvgIpc) is 2.41. The number of hydrogen-bond acceptors (Lipinski definition) is 4. The number of ether oxygens (including phenoxy) is 1. The number of nitrogens with two attached hydrogens (primary N) is 1. The molecule has 0 aliphatic carbocycles. The van der Waals surface area contributed by atoms with Gasteiger partial charge in [0.25, 0.3) is 0 Å². The van der Waals surface area contributed by atoms with Crippen molar-refractivity contribution < 1.29 is 4.74 Å². The Morgan fingerprint density at radius 3 is 2.84 bits per heavy atom. The van der Waals surface area contributed by atoms with Gasteiger partial charge in [-0.25, -0.2) is 4.98 Å². The third-order valence-electron chi connectivity index (χ3n) is 2.95. The fraction of sp³-hybridized carbons (Fsp3) is 0.267. The molecule has 4 heteroatoms. The monoisotopic (exact) mass is 257 g/mol. The molecular formula is C15H19N3O. The maximum atomic E-state index is 5.71. The quantitative estimate of drug-likeness (QED) is 0.864. The number of hydrogen-bond donors (Lipinski definition) is 2. The molecule has 1 heterocycles. The van der Waals surface area contributed by atoms with Gasteiger partial charge in [0.2, 0.25) is 0 Å². The molecule has 0 bridgehead atoms. The number of aryl methyl sites for hydroxylation is 1. The number of nitrogens with one attached hydrogen (secondary N) is 1. The fourth-order valence-corrected chi connectivity index (χ4v) is 1.93. The molecule has 0 amide bonds. The van der Waals surface area contributed by atoms with Crippen molar-refractivity contribution in [3.05, 3.63) is 47.7 Å². The van der Waals surface area contributed by atoms with Gasteiger partial charge in [0.15, 0.2) is 0 Å². The lowest BCUT2D eigenvalue weighted by molar-refractivity contribution is 0.202. The second-order valence-electron chi connectivity index (χ2n) is 4.46. The Labute approximate surface area is 113 Å². The molecule has 0 radical (unpaired) electrons. The highest BCUT2D eigenvalue weighted by atomic mass is 16.5. The van der Waals surface area contributed by atoms with Gasteiger partial charge >= 0.3 is 0 Å². The van der Waals surface area contributed by atoms with Crippen LogP contribution in [0.5, 0.6) is 0 Å². The maximum absolute atomic E-state index is 5.71. The van der Waals surface area contributed by atoms with E-state index in [0.29, 0.717) is 12.3 Å². The van der Waals surface area contributed by atoms with E-state index in [2.05, 4.69) is 16.4 Å². The van der Waals surface area contributed by atoms with Gasteiger partial charge in [0, 0.05) is 12.8 Å². The molecule has 4 nitrogen and oxygen atoms in total. The van der Waals surface area contributed by atoms with Crippen LogP contribution in [-0.2, 0) is 11.2 Å². The second-order valence-corrected chi connectivity index (χ2v) is 4.46. The highest BCUT2D eigenvalue weighted by Gasteiger charge is 2.05. The molecule has 100 valence electrons. The molecule has 1 aromatic carbocycles. The van der Waals surface area contributed by atoms with Crippen molar-refractivity contribution in [3.8, 4) is 0 Å². The fourth-order valence-electron chi connectivity index (χ4n) is 1.93. The standard InChI is InChI=1S/C15H19N3O/c1-11-9-13(16)10-17-15(11)18-14-6-4-3-5-12(14)7-8-19-2/h3-6,9-10H,7-8,16H2,1-2H3,(H,17,18). The van der Waals surface area contributed by atoms with Crippen molar-refractivity contribution in [1.82, 2.24) is 4.98 Å². The van der Waals surface area contributed by atoms with Crippen LogP contribution >= 0.6 is 0 Å². The van der Waals surface area contributed by atoms with Gasteiger partial charge < -0.3 is 15.8 Å². The molecule has 0 saturated carbocycles. The molecule has 0 fully saturated rings. The number of anilines is 3. The number of aromatic nitrogens is 1. The first kappa shape index (κ1) is 13.4. The van der Waals surface area contributed by atoms with Crippen molar-refractivity contribution >= 4 is 17.2 Å². The molecule has 0 aliphatic heterocycles. The number of rotatable bonds is 5. The van der Waals surface area contributed by atoms with Crippen LogP contribution in [-0.4, -0.2) is 18.7 Å². The van der Waals surface area contributed by atoms with Crippen LogP contribution in [0.2, 0.25) is 0 Å². The smallest absolute Gasteiger partial charge is 0.133 e. The lowest BCUT2D eigenvalue weighted by atomic mass is 10.1. The number of nitrogen functional groups attached to an aromatic ring is 1. The predicted octanol–water partition coefficient (Wildman–Crippen LogP) is 2.90. The summed E-state index contributed by atoms with van der Waals surface area (Å²) >= 11 is 0.